The fraction of sp³-hybridized carbons (Fsp3) is 1.00. The van der Waals surface area contributed by atoms with E-state index in [9.17, 15) is 5.11 Å². The van der Waals surface area contributed by atoms with Crippen molar-refractivity contribution in [2.24, 2.45) is 23.0 Å². The lowest BCUT2D eigenvalue weighted by molar-refractivity contribution is -0.114. The minimum atomic E-state index is -0.555. The monoisotopic (exact) mass is 253 g/mol. The van der Waals surface area contributed by atoms with Crippen LogP contribution in [0.3, 0.4) is 0 Å². The lowest BCUT2D eigenvalue weighted by Gasteiger charge is -2.51. The Balaban J connectivity index is 2.08. The normalized spacial score (nSPS) is 37.0. The second-order valence-corrected chi connectivity index (χ2v) is 7.13. The molecule has 106 valence electrons. The van der Waals surface area contributed by atoms with Crippen LogP contribution in [-0.2, 0) is 0 Å². The van der Waals surface area contributed by atoms with Crippen LogP contribution in [0.1, 0.15) is 71.6 Å². The van der Waals surface area contributed by atoms with Gasteiger partial charge in [-0.05, 0) is 38.0 Å². The van der Waals surface area contributed by atoms with Crippen LogP contribution in [0, 0.1) is 17.3 Å². The molecule has 0 aromatic carbocycles. The average molecular weight is 253 g/mol. The zero-order valence-corrected chi connectivity index (χ0v) is 12.3. The predicted octanol–water partition coefficient (Wildman–Crippen LogP) is 3.47. The van der Waals surface area contributed by atoms with Gasteiger partial charge in [-0.15, -0.1) is 0 Å². The summed E-state index contributed by atoms with van der Waals surface area (Å²) in [6.07, 6.45) is 11.0. The summed E-state index contributed by atoms with van der Waals surface area (Å²) in [6.45, 7) is 5.00. The molecule has 2 heteroatoms. The van der Waals surface area contributed by atoms with E-state index < -0.39 is 5.60 Å². The molecule has 3 unspecified atom stereocenters. The van der Waals surface area contributed by atoms with Crippen molar-refractivity contribution in [2.45, 2.75) is 77.2 Å². The molecular weight excluding hydrogens is 222 g/mol. The lowest BCUT2D eigenvalue weighted by atomic mass is 9.58. The molecule has 0 radical (unpaired) electrons. The Labute approximate surface area is 112 Å². The molecule has 2 rings (SSSR count). The summed E-state index contributed by atoms with van der Waals surface area (Å²) in [5.41, 5.74) is 5.55. The second-order valence-electron chi connectivity index (χ2n) is 7.13. The molecule has 0 heterocycles. The van der Waals surface area contributed by atoms with Gasteiger partial charge in [-0.3, -0.25) is 0 Å². The van der Waals surface area contributed by atoms with E-state index in [0.29, 0.717) is 6.54 Å². The molecule has 0 saturated heterocycles. The highest BCUT2D eigenvalue weighted by atomic mass is 16.3. The van der Waals surface area contributed by atoms with Crippen LogP contribution in [0.4, 0.5) is 0 Å². The minimum absolute atomic E-state index is 0.0124. The molecule has 2 fully saturated rings. The fourth-order valence-electron chi connectivity index (χ4n) is 4.20. The standard InChI is InChI=1S/C16H31NO/c1-3-13-8-5-9-16(11-13,12-17)15(2,18)10-14-6-4-7-14/h13-14,18H,3-12,17H2,1-2H3. The molecule has 0 amide bonds. The zero-order chi connectivity index (χ0) is 13.2. The SMILES string of the molecule is CCC1CCCC(CN)(C(C)(O)CC2CCC2)C1. The molecule has 3 N–H and O–H groups in total. The largest absolute Gasteiger partial charge is 0.390 e. The van der Waals surface area contributed by atoms with Gasteiger partial charge >= 0.3 is 0 Å². The van der Waals surface area contributed by atoms with Gasteiger partial charge < -0.3 is 10.8 Å². The van der Waals surface area contributed by atoms with E-state index in [4.69, 9.17) is 5.73 Å². The van der Waals surface area contributed by atoms with Crippen LogP contribution >= 0.6 is 0 Å². The molecule has 0 aliphatic heterocycles. The topological polar surface area (TPSA) is 46.2 Å². The maximum atomic E-state index is 11.1. The van der Waals surface area contributed by atoms with Crippen molar-refractivity contribution >= 4 is 0 Å². The number of nitrogens with two attached hydrogens (primary N) is 1. The lowest BCUT2D eigenvalue weighted by Crippen LogP contribution is -2.54. The molecule has 2 saturated carbocycles. The summed E-state index contributed by atoms with van der Waals surface area (Å²) >= 11 is 0. The third-order valence-electron chi connectivity index (χ3n) is 5.97. The molecule has 2 aliphatic carbocycles. The maximum absolute atomic E-state index is 11.1. The summed E-state index contributed by atoms with van der Waals surface area (Å²) in [5.74, 6) is 1.53. The summed E-state index contributed by atoms with van der Waals surface area (Å²) in [7, 11) is 0. The average Bonchev–Trinajstić information content (AvgIpc) is 2.33. The van der Waals surface area contributed by atoms with Gasteiger partial charge in [0.05, 0.1) is 5.60 Å². The third-order valence-corrected chi connectivity index (χ3v) is 5.97. The number of hydrogen-bond acceptors (Lipinski definition) is 2. The highest BCUT2D eigenvalue weighted by Gasteiger charge is 2.49. The molecule has 0 aromatic rings. The van der Waals surface area contributed by atoms with Crippen molar-refractivity contribution in [1.82, 2.24) is 0 Å². The van der Waals surface area contributed by atoms with E-state index in [0.717, 1.165) is 31.1 Å². The van der Waals surface area contributed by atoms with Crippen LogP contribution in [0.15, 0.2) is 0 Å². The summed E-state index contributed by atoms with van der Waals surface area (Å²) < 4.78 is 0. The van der Waals surface area contributed by atoms with Crippen LogP contribution in [-0.4, -0.2) is 17.3 Å². The van der Waals surface area contributed by atoms with E-state index in [1.54, 1.807) is 0 Å². The van der Waals surface area contributed by atoms with Crippen molar-refractivity contribution in [1.29, 1.82) is 0 Å². The van der Waals surface area contributed by atoms with Crippen molar-refractivity contribution in [2.75, 3.05) is 6.54 Å². The third kappa shape index (κ3) is 2.60. The molecular formula is C16H31NO. The summed E-state index contributed by atoms with van der Waals surface area (Å²) in [4.78, 5) is 0. The zero-order valence-electron chi connectivity index (χ0n) is 12.3. The molecule has 0 spiro atoms. The minimum Gasteiger partial charge on any atom is -0.390 e. The van der Waals surface area contributed by atoms with E-state index in [1.165, 1.54) is 38.5 Å². The van der Waals surface area contributed by atoms with Crippen LogP contribution in [0.5, 0.6) is 0 Å². The molecule has 0 aromatic heterocycles. The maximum Gasteiger partial charge on any atom is 0.0690 e. The molecule has 18 heavy (non-hydrogen) atoms. The molecule has 0 bridgehead atoms. The molecule has 2 aliphatic rings. The Kier molecular flexibility index (Phi) is 4.38. The van der Waals surface area contributed by atoms with E-state index >= 15 is 0 Å². The highest BCUT2D eigenvalue weighted by Crippen LogP contribution is 2.50. The smallest absolute Gasteiger partial charge is 0.0690 e. The van der Waals surface area contributed by atoms with Gasteiger partial charge in [0.2, 0.25) is 0 Å². The van der Waals surface area contributed by atoms with Gasteiger partial charge in [-0.1, -0.05) is 45.4 Å². The number of rotatable bonds is 5. The molecule has 3 atom stereocenters. The molecule has 2 nitrogen and oxygen atoms in total. The van der Waals surface area contributed by atoms with Crippen LogP contribution in [0.25, 0.3) is 0 Å². The Bertz CT molecular complexity index is 272. The van der Waals surface area contributed by atoms with Crippen molar-refractivity contribution in [3.8, 4) is 0 Å². The van der Waals surface area contributed by atoms with E-state index in [2.05, 4.69) is 13.8 Å². The number of aliphatic hydroxyl groups is 1. The van der Waals surface area contributed by atoms with E-state index in [-0.39, 0.29) is 5.41 Å². The highest BCUT2D eigenvalue weighted by molar-refractivity contribution is 5.01. The first-order chi connectivity index (χ1) is 8.53. The summed E-state index contributed by atoms with van der Waals surface area (Å²) in [5, 5.41) is 11.1. The van der Waals surface area contributed by atoms with Crippen LogP contribution in [0.2, 0.25) is 0 Å². The van der Waals surface area contributed by atoms with Gasteiger partial charge in [0.25, 0.3) is 0 Å². The first kappa shape index (κ1) is 14.3. The van der Waals surface area contributed by atoms with Gasteiger partial charge in [0.15, 0.2) is 0 Å². The van der Waals surface area contributed by atoms with Gasteiger partial charge in [-0.25, -0.2) is 0 Å². The Morgan fingerprint density at radius 2 is 1.89 bits per heavy atom. The van der Waals surface area contributed by atoms with E-state index in [1.807, 2.05) is 0 Å². The van der Waals surface area contributed by atoms with Crippen molar-refractivity contribution in [3.63, 3.8) is 0 Å². The Morgan fingerprint density at radius 3 is 2.39 bits per heavy atom. The van der Waals surface area contributed by atoms with Crippen LogP contribution < -0.4 is 5.73 Å². The number of hydrogen-bond donors (Lipinski definition) is 2. The second kappa shape index (κ2) is 5.50. The van der Waals surface area contributed by atoms with Crippen molar-refractivity contribution < 1.29 is 5.11 Å². The quantitative estimate of drug-likeness (QED) is 0.788. The first-order valence-electron chi connectivity index (χ1n) is 7.95. The van der Waals surface area contributed by atoms with Gasteiger partial charge in [0, 0.05) is 12.0 Å². The van der Waals surface area contributed by atoms with Crippen molar-refractivity contribution in [3.05, 3.63) is 0 Å². The van der Waals surface area contributed by atoms with Gasteiger partial charge in [0.1, 0.15) is 0 Å². The van der Waals surface area contributed by atoms with Gasteiger partial charge in [-0.2, -0.15) is 0 Å². The summed E-state index contributed by atoms with van der Waals surface area (Å²) in [6, 6.07) is 0. The Morgan fingerprint density at radius 1 is 1.22 bits per heavy atom. The first-order valence-corrected chi connectivity index (χ1v) is 7.95. The fourth-order valence-corrected chi connectivity index (χ4v) is 4.20. The Hall–Kier alpha value is -0.0800. The predicted molar refractivity (Wildman–Crippen MR) is 76.3 cm³/mol.